The van der Waals surface area contributed by atoms with Crippen molar-refractivity contribution in [2.45, 2.75) is 13.0 Å². The summed E-state index contributed by atoms with van der Waals surface area (Å²) in [5.74, 6) is -0.0266. The van der Waals surface area contributed by atoms with Crippen molar-refractivity contribution in [3.63, 3.8) is 0 Å². The summed E-state index contributed by atoms with van der Waals surface area (Å²) in [7, 11) is 0. The Morgan fingerprint density at radius 2 is 1.91 bits per heavy atom. The highest BCUT2D eigenvalue weighted by atomic mass is 16.6. The Hall–Kier alpha value is -4.16. The molecule has 1 amide bonds. The fourth-order valence-corrected chi connectivity index (χ4v) is 3.91. The van der Waals surface area contributed by atoms with Gasteiger partial charge in [0.1, 0.15) is 0 Å². The third kappa shape index (κ3) is 4.56. The Balaban J connectivity index is 1.32. The van der Waals surface area contributed by atoms with Gasteiger partial charge in [0.2, 0.25) is 0 Å². The molecule has 0 fully saturated rings. The van der Waals surface area contributed by atoms with Gasteiger partial charge in [-0.15, -0.1) is 0 Å². The van der Waals surface area contributed by atoms with Crippen molar-refractivity contribution in [3.8, 4) is 22.5 Å². The van der Waals surface area contributed by atoms with Crippen molar-refractivity contribution in [1.29, 1.82) is 0 Å². The van der Waals surface area contributed by atoms with Gasteiger partial charge < -0.3 is 10.3 Å². The quantitative estimate of drug-likeness (QED) is 0.366. The lowest BCUT2D eigenvalue weighted by Gasteiger charge is -2.11. The molecule has 2 aromatic carbocycles. The summed E-state index contributed by atoms with van der Waals surface area (Å²) in [5, 5.41) is 2.89. The summed E-state index contributed by atoms with van der Waals surface area (Å²) in [6, 6.07) is 23.8. The van der Waals surface area contributed by atoms with E-state index in [1.165, 1.54) is 0 Å². The number of hydrogen-bond donors (Lipinski definition) is 3. The molecule has 2 aromatic heterocycles. The average Bonchev–Trinajstić information content (AvgIpc) is 3.31. The van der Waals surface area contributed by atoms with Gasteiger partial charge in [-0.2, -0.15) is 0 Å². The number of nitrogens with one attached hydrogen (secondary N) is 3. The molecule has 33 heavy (non-hydrogen) atoms. The van der Waals surface area contributed by atoms with Gasteiger partial charge in [-0.3, -0.25) is 20.1 Å². The van der Waals surface area contributed by atoms with Crippen LogP contribution >= 0.6 is 0 Å². The molecule has 0 saturated heterocycles. The lowest BCUT2D eigenvalue weighted by molar-refractivity contribution is 0.0648. The largest absolute Gasteiger partial charge is 0.358 e. The first kappa shape index (κ1) is 20.7. The molecule has 3 heterocycles. The van der Waals surface area contributed by atoms with Gasteiger partial charge in [0.25, 0.3) is 5.91 Å². The number of aromatic amines is 1. The van der Waals surface area contributed by atoms with E-state index in [1.54, 1.807) is 6.20 Å². The van der Waals surface area contributed by atoms with Crippen molar-refractivity contribution in [2.75, 3.05) is 6.54 Å². The lowest BCUT2D eigenvalue weighted by atomic mass is 10.0. The molecule has 0 atom stereocenters. The molecule has 0 saturated carbocycles. The van der Waals surface area contributed by atoms with Crippen molar-refractivity contribution in [1.82, 2.24) is 20.8 Å². The number of carbonyl (C=O) groups excluding carboxylic acids is 1. The Labute approximate surface area is 192 Å². The van der Waals surface area contributed by atoms with Crippen LogP contribution < -0.4 is 10.8 Å². The van der Waals surface area contributed by atoms with Crippen LogP contribution in [0.4, 0.5) is 0 Å². The molecular formula is C27H24N4O2. The van der Waals surface area contributed by atoms with E-state index in [0.717, 1.165) is 51.3 Å². The molecule has 1 aliphatic heterocycles. The standard InChI is InChI=1S/C27H24N4O2/c1-18(31-33-17-19-6-3-2-4-7-19)20-8-5-9-21(14-20)25-15-22(10-12-28-25)26-16-23-24(30-26)11-13-29-27(23)32/h2-10,12,14-16,30-31H,1,11,13,17H2,(H,29,32). The Morgan fingerprint density at radius 3 is 2.76 bits per heavy atom. The highest BCUT2D eigenvalue weighted by Gasteiger charge is 2.20. The number of amides is 1. The minimum atomic E-state index is -0.0266. The van der Waals surface area contributed by atoms with Crippen molar-refractivity contribution in [2.24, 2.45) is 0 Å². The molecule has 0 spiro atoms. The molecule has 4 aromatic rings. The van der Waals surface area contributed by atoms with Gasteiger partial charge >= 0.3 is 0 Å². The predicted octanol–water partition coefficient (Wildman–Crippen LogP) is 4.72. The first-order chi connectivity index (χ1) is 16.2. The van der Waals surface area contributed by atoms with E-state index in [1.807, 2.05) is 72.8 Å². The normalized spacial score (nSPS) is 12.7. The number of fused-ring (bicyclic) bond motifs is 1. The number of hydroxylamine groups is 1. The molecule has 0 unspecified atom stereocenters. The van der Waals surface area contributed by atoms with Gasteiger partial charge in [-0.1, -0.05) is 55.1 Å². The van der Waals surface area contributed by atoms with Crippen LogP contribution in [-0.4, -0.2) is 22.4 Å². The number of aromatic nitrogens is 2. The number of pyridine rings is 1. The van der Waals surface area contributed by atoms with E-state index in [9.17, 15) is 4.79 Å². The molecular weight excluding hydrogens is 412 g/mol. The molecule has 3 N–H and O–H groups in total. The molecule has 164 valence electrons. The summed E-state index contributed by atoms with van der Waals surface area (Å²) in [6.07, 6.45) is 2.59. The third-order valence-electron chi connectivity index (χ3n) is 5.66. The Morgan fingerprint density at radius 1 is 1.03 bits per heavy atom. The van der Waals surface area contributed by atoms with Gasteiger partial charge in [-0.05, 0) is 35.4 Å². The van der Waals surface area contributed by atoms with Crippen LogP contribution in [0.2, 0.25) is 0 Å². The summed E-state index contributed by atoms with van der Waals surface area (Å²) >= 11 is 0. The van der Waals surface area contributed by atoms with Gasteiger partial charge in [0, 0.05) is 41.7 Å². The number of nitrogens with zero attached hydrogens (tertiary/aromatic N) is 1. The minimum absolute atomic E-state index is 0.0266. The SMILES string of the molecule is C=C(NOCc1ccccc1)c1cccc(-c2cc(-c3cc4c([nH]3)CCNC4=O)ccn2)c1. The molecule has 1 aliphatic rings. The van der Waals surface area contributed by atoms with Crippen LogP contribution in [0.1, 0.15) is 27.2 Å². The van der Waals surface area contributed by atoms with Crippen molar-refractivity contribution in [3.05, 3.63) is 108 Å². The maximum Gasteiger partial charge on any atom is 0.253 e. The number of H-pyrrole nitrogens is 1. The Kier molecular flexibility index (Phi) is 5.74. The molecule has 6 nitrogen and oxygen atoms in total. The van der Waals surface area contributed by atoms with Gasteiger partial charge in [0.15, 0.2) is 0 Å². The third-order valence-corrected chi connectivity index (χ3v) is 5.66. The van der Waals surface area contributed by atoms with Crippen LogP contribution in [0.15, 0.2) is 85.6 Å². The topological polar surface area (TPSA) is 79.0 Å². The maximum absolute atomic E-state index is 12.1. The first-order valence-corrected chi connectivity index (χ1v) is 10.9. The second kappa shape index (κ2) is 9.14. The summed E-state index contributed by atoms with van der Waals surface area (Å²) in [4.78, 5) is 25.7. The fourth-order valence-electron chi connectivity index (χ4n) is 3.91. The van der Waals surface area contributed by atoms with Crippen LogP contribution in [0.25, 0.3) is 28.2 Å². The zero-order valence-corrected chi connectivity index (χ0v) is 18.1. The van der Waals surface area contributed by atoms with Crippen LogP contribution in [0, 0.1) is 0 Å². The smallest absolute Gasteiger partial charge is 0.253 e. The predicted molar refractivity (Wildman–Crippen MR) is 129 cm³/mol. The molecule has 6 heteroatoms. The number of rotatable bonds is 7. The van der Waals surface area contributed by atoms with E-state index >= 15 is 0 Å². The maximum atomic E-state index is 12.1. The monoisotopic (exact) mass is 436 g/mol. The average molecular weight is 437 g/mol. The first-order valence-electron chi connectivity index (χ1n) is 10.9. The lowest BCUT2D eigenvalue weighted by Crippen LogP contribution is -2.31. The number of hydrogen-bond acceptors (Lipinski definition) is 4. The Bertz CT molecular complexity index is 1310. The van der Waals surface area contributed by atoms with E-state index in [-0.39, 0.29) is 5.91 Å². The number of benzene rings is 2. The fraction of sp³-hybridized carbons (Fsp3) is 0.111. The van der Waals surface area contributed by atoms with E-state index in [0.29, 0.717) is 18.8 Å². The minimum Gasteiger partial charge on any atom is -0.358 e. The van der Waals surface area contributed by atoms with E-state index < -0.39 is 0 Å². The van der Waals surface area contributed by atoms with Crippen molar-refractivity contribution < 1.29 is 9.63 Å². The summed E-state index contributed by atoms with van der Waals surface area (Å²) < 4.78 is 0. The summed E-state index contributed by atoms with van der Waals surface area (Å²) in [5.41, 5.74) is 11.0. The number of carbonyl (C=O) groups is 1. The van der Waals surface area contributed by atoms with Crippen LogP contribution in [-0.2, 0) is 17.9 Å². The summed E-state index contributed by atoms with van der Waals surface area (Å²) in [6.45, 7) is 5.21. The second-order valence-electron chi connectivity index (χ2n) is 7.95. The van der Waals surface area contributed by atoms with Crippen LogP contribution in [0.3, 0.4) is 0 Å². The molecule has 0 aliphatic carbocycles. The van der Waals surface area contributed by atoms with E-state index in [4.69, 9.17) is 4.84 Å². The zero-order valence-electron chi connectivity index (χ0n) is 18.1. The van der Waals surface area contributed by atoms with Crippen molar-refractivity contribution >= 4 is 11.6 Å². The highest BCUT2D eigenvalue weighted by molar-refractivity contribution is 5.97. The molecule has 0 bridgehead atoms. The van der Waals surface area contributed by atoms with E-state index in [2.05, 4.69) is 27.3 Å². The van der Waals surface area contributed by atoms with Gasteiger partial charge in [0.05, 0.1) is 23.6 Å². The van der Waals surface area contributed by atoms with Gasteiger partial charge in [-0.25, -0.2) is 0 Å². The molecule has 0 radical (unpaired) electrons. The zero-order chi connectivity index (χ0) is 22.6. The second-order valence-corrected chi connectivity index (χ2v) is 7.95. The van der Waals surface area contributed by atoms with Crippen LogP contribution in [0.5, 0.6) is 0 Å². The highest BCUT2D eigenvalue weighted by Crippen LogP contribution is 2.28. The molecule has 5 rings (SSSR count).